The summed E-state index contributed by atoms with van der Waals surface area (Å²) in [6.07, 6.45) is 1.10. The lowest BCUT2D eigenvalue weighted by molar-refractivity contribution is -0.216. The van der Waals surface area contributed by atoms with E-state index in [4.69, 9.17) is 14.5 Å². The third-order valence-corrected chi connectivity index (χ3v) is 6.18. The summed E-state index contributed by atoms with van der Waals surface area (Å²) >= 11 is 0. The maximum atomic E-state index is 11.8. The number of hydrogen-bond donors (Lipinski definition) is 2. The summed E-state index contributed by atoms with van der Waals surface area (Å²) in [7, 11) is 3.33. The van der Waals surface area contributed by atoms with Gasteiger partial charge in [0.1, 0.15) is 6.10 Å². The number of ether oxygens (including phenoxy) is 2. The van der Waals surface area contributed by atoms with E-state index >= 15 is 0 Å². The van der Waals surface area contributed by atoms with Gasteiger partial charge in [-0.1, -0.05) is 0 Å². The number of anilines is 1. The zero-order valence-corrected chi connectivity index (χ0v) is 16.5. The predicted octanol–water partition coefficient (Wildman–Crippen LogP) is 1.23. The van der Waals surface area contributed by atoms with Gasteiger partial charge in [0.05, 0.1) is 41.5 Å². The summed E-state index contributed by atoms with van der Waals surface area (Å²) in [6, 6.07) is 5.37. The number of piperidine rings is 1. The average Bonchev–Trinajstić information content (AvgIpc) is 3.01. The molecule has 0 aliphatic carbocycles. The molecule has 0 saturated carbocycles. The van der Waals surface area contributed by atoms with Gasteiger partial charge in [0, 0.05) is 26.6 Å². The monoisotopic (exact) mass is 389 g/mol. The molecular formula is C20H27N3O5. The first-order valence-electron chi connectivity index (χ1n) is 9.59. The van der Waals surface area contributed by atoms with Crippen LogP contribution in [0.5, 0.6) is 0 Å². The molecule has 1 spiro atoms. The second-order valence-corrected chi connectivity index (χ2v) is 8.20. The molecule has 1 aromatic carbocycles. The summed E-state index contributed by atoms with van der Waals surface area (Å²) < 4.78 is 12.8. The lowest BCUT2D eigenvalue weighted by Crippen LogP contribution is -2.59. The Balaban J connectivity index is 1.54. The number of methoxy groups -OCH3 is 1. The molecule has 152 valence electrons. The largest absolute Gasteiger partial charge is 0.465 e. The van der Waals surface area contributed by atoms with Crippen LogP contribution in [0.2, 0.25) is 0 Å². The lowest BCUT2D eigenvalue weighted by atomic mass is 9.77. The van der Waals surface area contributed by atoms with Crippen molar-refractivity contribution in [3.8, 4) is 0 Å². The third kappa shape index (κ3) is 3.15. The summed E-state index contributed by atoms with van der Waals surface area (Å²) in [5.41, 5.74) is 0.655. The number of fused-ring (bicyclic) bond motifs is 1. The molecule has 0 amide bonds. The molecule has 2 aliphatic heterocycles. The van der Waals surface area contributed by atoms with Crippen LogP contribution in [0.1, 0.15) is 36.5 Å². The Morgan fingerprint density at radius 1 is 1.36 bits per heavy atom. The normalized spacial score (nSPS) is 27.3. The molecule has 8 heteroatoms. The van der Waals surface area contributed by atoms with Crippen molar-refractivity contribution in [3.63, 3.8) is 0 Å². The van der Waals surface area contributed by atoms with Gasteiger partial charge in [0.2, 0.25) is 5.95 Å². The van der Waals surface area contributed by atoms with Crippen LogP contribution >= 0.6 is 0 Å². The quantitative estimate of drug-likeness (QED) is 0.746. The fraction of sp³-hybridized carbons (Fsp3) is 0.600. The Kier molecular flexibility index (Phi) is 4.60. The second-order valence-electron chi connectivity index (χ2n) is 8.20. The maximum Gasteiger partial charge on any atom is 0.337 e. The minimum Gasteiger partial charge on any atom is -0.465 e. The highest BCUT2D eigenvalue weighted by Gasteiger charge is 2.48. The first-order valence-corrected chi connectivity index (χ1v) is 9.59. The van der Waals surface area contributed by atoms with Crippen LogP contribution in [0.25, 0.3) is 11.0 Å². The Morgan fingerprint density at radius 2 is 2.07 bits per heavy atom. The zero-order valence-electron chi connectivity index (χ0n) is 16.5. The molecule has 2 saturated heterocycles. The van der Waals surface area contributed by atoms with Gasteiger partial charge in [-0.05, 0) is 38.0 Å². The van der Waals surface area contributed by atoms with E-state index in [1.54, 1.807) is 19.1 Å². The van der Waals surface area contributed by atoms with Gasteiger partial charge in [-0.3, -0.25) is 0 Å². The van der Waals surface area contributed by atoms with E-state index in [1.807, 2.05) is 17.7 Å². The molecule has 4 rings (SSSR count). The molecular weight excluding hydrogens is 362 g/mol. The molecule has 1 aromatic heterocycles. The SMILES string of the molecule is COC(=O)c1ccc2c(c1)nc(N1CCC3(CC1)C[C@](C)(O)[C@@H](O)CO3)n2C. The Bertz CT molecular complexity index is 899. The molecule has 3 heterocycles. The minimum absolute atomic E-state index is 0.162. The highest BCUT2D eigenvalue weighted by molar-refractivity contribution is 5.94. The van der Waals surface area contributed by atoms with Crippen molar-refractivity contribution < 1.29 is 24.5 Å². The number of carbonyl (C=O) groups is 1. The fourth-order valence-corrected chi connectivity index (χ4v) is 4.41. The number of aryl methyl sites for hydroxylation is 1. The Morgan fingerprint density at radius 3 is 2.71 bits per heavy atom. The Hall–Kier alpha value is -2.16. The van der Waals surface area contributed by atoms with E-state index in [0.29, 0.717) is 12.0 Å². The number of aliphatic hydroxyl groups excluding tert-OH is 1. The number of esters is 1. The van der Waals surface area contributed by atoms with Gasteiger partial charge in [-0.25, -0.2) is 9.78 Å². The summed E-state index contributed by atoms with van der Waals surface area (Å²) in [6.45, 7) is 3.33. The molecule has 2 aliphatic rings. The Labute approximate surface area is 163 Å². The number of carbonyl (C=O) groups excluding carboxylic acids is 1. The topological polar surface area (TPSA) is 97.1 Å². The van der Waals surface area contributed by atoms with Gasteiger partial charge in [-0.15, -0.1) is 0 Å². The summed E-state index contributed by atoms with van der Waals surface area (Å²) in [5.74, 6) is 0.465. The molecule has 2 atom stereocenters. The van der Waals surface area contributed by atoms with Crippen molar-refractivity contribution in [2.24, 2.45) is 7.05 Å². The van der Waals surface area contributed by atoms with E-state index in [1.165, 1.54) is 7.11 Å². The van der Waals surface area contributed by atoms with Crippen molar-refractivity contribution in [3.05, 3.63) is 23.8 Å². The van der Waals surface area contributed by atoms with E-state index in [9.17, 15) is 15.0 Å². The minimum atomic E-state index is -1.12. The molecule has 0 bridgehead atoms. The average molecular weight is 389 g/mol. The van der Waals surface area contributed by atoms with E-state index < -0.39 is 17.3 Å². The van der Waals surface area contributed by atoms with E-state index in [0.717, 1.165) is 42.9 Å². The van der Waals surface area contributed by atoms with Gasteiger partial charge in [-0.2, -0.15) is 0 Å². The molecule has 28 heavy (non-hydrogen) atoms. The number of imidazole rings is 1. The zero-order chi connectivity index (χ0) is 20.1. The second kappa shape index (κ2) is 6.72. The summed E-state index contributed by atoms with van der Waals surface area (Å²) in [5, 5.41) is 20.4. The van der Waals surface area contributed by atoms with Crippen LogP contribution in [0.4, 0.5) is 5.95 Å². The van der Waals surface area contributed by atoms with Crippen LogP contribution in [-0.4, -0.2) is 69.8 Å². The first kappa shape index (κ1) is 19.2. The lowest BCUT2D eigenvalue weighted by Gasteiger charge is -2.50. The van der Waals surface area contributed by atoms with Crippen molar-refractivity contribution in [1.29, 1.82) is 0 Å². The van der Waals surface area contributed by atoms with Crippen LogP contribution in [0.3, 0.4) is 0 Å². The molecule has 2 fully saturated rings. The fourth-order valence-electron chi connectivity index (χ4n) is 4.41. The van der Waals surface area contributed by atoms with Crippen molar-refractivity contribution in [2.75, 3.05) is 31.7 Å². The van der Waals surface area contributed by atoms with Gasteiger partial charge < -0.3 is 29.2 Å². The van der Waals surface area contributed by atoms with E-state index in [2.05, 4.69) is 4.90 Å². The van der Waals surface area contributed by atoms with Gasteiger partial charge in [0.15, 0.2) is 0 Å². The van der Waals surface area contributed by atoms with Crippen molar-refractivity contribution in [1.82, 2.24) is 9.55 Å². The van der Waals surface area contributed by atoms with Crippen molar-refractivity contribution in [2.45, 2.75) is 43.5 Å². The smallest absolute Gasteiger partial charge is 0.337 e. The third-order valence-electron chi connectivity index (χ3n) is 6.18. The first-order chi connectivity index (χ1) is 13.2. The van der Waals surface area contributed by atoms with E-state index in [-0.39, 0.29) is 12.6 Å². The summed E-state index contributed by atoms with van der Waals surface area (Å²) in [4.78, 5) is 18.7. The molecule has 0 radical (unpaired) electrons. The molecule has 2 aromatic rings. The van der Waals surface area contributed by atoms with Gasteiger partial charge in [0.25, 0.3) is 0 Å². The maximum absolute atomic E-state index is 11.8. The van der Waals surface area contributed by atoms with Crippen LogP contribution in [0.15, 0.2) is 18.2 Å². The molecule has 0 unspecified atom stereocenters. The predicted molar refractivity (Wildman–Crippen MR) is 103 cm³/mol. The van der Waals surface area contributed by atoms with Gasteiger partial charge >= 0.3 is 5.97 Å². The van der Waals surface area contributed by atoms with Crippen LogP contribution in [-0.2, 0) is 16.5 Å². The molecule has 8 nitrogen and oxygen atoms in total. The number of aliphatic hydroxyl groups is 2. The molecule has 2 N–H and O–H groups in total. The van der Waals surface area contributed by atoms with Crippen LogP contribution < -0.4 is 4.90 Å². The highest BCUT2D eigenvalue weighted by Crippen LogP contribution is 2.40. The number of aromatic nitrogens is 2. The standard InChI is InChI=1S/C20H27N3O5/c1-19(26)12-20(28-11-16(19)24)6-8-23(9-7-20)18-21-14-10-13(17(25)27-3)4-5-15(14)22(18)2/h4-5,10,16,24,26H,6-9,11-12H2,1-3H3/t16-,19-/m0/s1. The van der Waals surface area contributed by atoms with Crippen LogP contribution in [0, 0.1) is 0 Å². The number of benzene rings is 1. The highest BCUT2D eigenvalue weighted by atomic mass is 16.5. The van der Waals surface area contributed by atoms with Crippen molar-refractivity contribution >= 4 is 23.0 Å². The number of rotatable bonds is 2. The number of hydrogen-bond acceptors (Lipinski definition) is 7. The number of nitrogens with zero attached hydrogens (tertiary/aromatic N) is 3.